The van der Waals surface area contributed by atoms with Crippen molar-refractivity contribution in [3.63, 3.8) is 0 Å². The summed E-state index contributed by atoms with van der Waals surface area (Å²) in [5.74, 6) is 1.34. The maximum Gasteiger partial charge on any atom is 0.248 e. The van der Waals surface area contributed by atoms with Gasteiger partial charge in [0.05, 0.1) is 0 Å². The van der Waals surface area contributed by atoms with Crippen LogP contribution in [0.5, 0.6) is 5.75 Å². The monoisotopic (exact) mass is 441 g/mol. The van der Waals surface area contributed by atoms with Gasteiger partial charge in [-0.3, -0.25) is 4.79 Å². The molecule has 152 valence electrons. The van der Waals surface area contributed by atoms with Gasteiger partial charge in [0.15, 0.2) is 5.78 Å². The number of ether oxygens (including phenoxy) is 1. The van der Waals surface area contributed by atoms with Crippen LogP contribution in [-0.4, -0.2) is 26.0 Å². The third-order valence-corrected chi connectivity index (χ3v) is 6.08. The van der Waals surface area contributed by atoms with Gasteiger partial charge in [0.25, 0.3) is 0 Å². The minimum atomic E-state index is -0.355. The molecule has 0 saturated heterocycles. The molecule has 2 heterocycles. The SMILES string of the molecule is O=C1CCCC2=C1C(c1ccc(OCc3c(Cl)cccc3Cl)cc1)n1nnnc1N2. The summed E-state index contributed by atoms with van der Waals surface area (Å²) in [6, 6.07) is 12.6. The lowest BCUT2D eigenvalue weighted by atomic mass is 9.85. The largest absolute Gasteiger partial charge is 0.489 e. The number of ketones is 1. The van der Waals surface area contributed by atoms with Crippen molar-refractivity contribution in [2.45, 2.75) is 31.9 Å². The summed E-state index contributed by atoms with van der Waals surface area (Å²) in [5.41, 5.74) is 3.30. The number of aromatic nitrogens is 4. The number of carbonyl (C=O) groups excluding carboxylic acids is 1. The summed E-state index contributed by atoms with van der Waals surface area (Å²) in [6.45, 7) is 0.260. The van der Waals surface area contributed by atoms with Crippen LogP contribution in [-0.2, 0) is 11.4 Å². The Hall–Kier alpha value is -2.90. The molecule has 1 aliphatic carbocycles. The molecule has 7 nitrogen and oxygen atoms in total. The number of nitrogens with one attached hydrogen (secondary N) is 1. The number of nitrogens with zero attached hydrogens (tertiary/aromatic N) is 4. The van der Waals surface area contributed by atoms with Crippen LogP contribution in [0.1, 0.15) is 36.4 Å². The molecular weight excluding hydrogens is 425 g/mol. The van der Waals surface area contributed by atoms with E-state index in [2.05, 4.69) is 20.8 Å². The topological polar surface area (TPSA) is 81.9 Å². The molecule has 1 N–H and O–H groups in total. The Balaban J connectivity index is 1.42. The molecule has 30 heavy (non-hydrogen) atoms. The molecule has 5 rings (SSSR count). The molecule has 9 heteroatoms. The van der Waals surface area contributed by atoms with Gasteiger partial charge >= 0.3 is 0 Å². The highest BCUT2D eigenvalue weighted by atomic mass is 35.5. The van der Waals surface area contributed by atoms with E-state index in [4.69, 9.17) is 27.9 Å². The van der Waals surface area contributed by atoms with Gasteiger partial charge in [-0.2, -0.15) is 4.68 Å². The number of benzene rings is 2. The molecule has 0 fully saturated rings. The van der Waals surface area contributed by atoms with Gasteiger partial charge in [0, 0.05) is 33.3 Å². The van der Waals surface area contributed by atoms with Crippen molar-refractivity contribution in [1.82, 2.24) is 20.2 Å². The molecule has 1 aromatic heterocycles. The van der Waals surface area contributed by atoms with Crippen LogP contribution in [0.15, 0.2) is 53.7 Å². The summed E-state index contributed by atoms with van der Waals surface area (Å²) in [6.07, 6.45) is 2.18. The van der Waals surface area contributed by atoms with Gasteiger partial charge in [-0.15, -0.1) is 0 Å². The summed E-state index contributed by atoms with van der Waals surface area (Å²) >= 11 is 12.4. The number of allylic oxidation sites excluding steroid dienone is 2. The Morgan fingerprint density at radius 1 is 1.10 bits per heavy atom. The fourth-order valence-electron chi connectivity index (χ4n) is 3.90. The smallest absolute Gasteiger partial charge is 0.248 e. The lowest BCUT2D eigenvalue weighted by molar-refractivity contribution is -0.116. The van der Waals surface area contributed by atoms with E-state index in [1.54, 1.807) is 22.9 Å². The number of halogens is 2. The van der Waals surface area contributed by atoms with Crippen LogP contribution >= 0.6 is 23.2 Å². The number of carbonyl (C=O) groups is 1. The molecule has 0 radical (unpaired) electrons. The Morgan fingerprint density at radius 3 is 2.63 bits per heavy atom. The highest BCUT2D eigenvalue weighted by Crippen LogP contribution is 2.39. The summed E-state index contributed by atoms with van der Waals surface area (Å²) in [7, 11) is 0. The molecular formula is C21H17Cl2N5O2. The van der Waals surface area contributed by atoms with Crippen LogP contribution < -0.4 is 10.1 Å². The average Bonchev–Trinajstić information content (AvgIpc) is 3.21. The van der Waals surface area contributed by atoms with E-state index in [1.165, 1.54) is 0 Å². The third kappa shape index (κ3) is 3.34. The number of Topliss-reactive ketones (excluding diaryl/α,β-unsaturated/α-hetero) is 1. The fourth-order valence-corrected chi connectivity index (χ4v) is 4.40. The van der Waals surface area contributed by atoms with E-state index in [9.17, 15) is 4.79 Å². The van der Waals surface area contributed by atoms with Gasteiger partial charge < -0.3 is 10.1 Å². The maximum absolute atomic E-state index is 12.7. The zero-order chi connectivity index (χ0) is 20.7. The minimum Gasteiger partial charge on any atom is -0.489 e. The van der Waals surface area contributed by atoms with Gasteiger partial charge in [0.2, 0.25) is 5.95 Å². The Kier molecular flexibility index (Phi) is 4.92. The Morgan fingerprint density at radius 2 is 1.87 bits per heavy atom. The second kappa shape index (κ2) is 7.74. The van der Waals surface area contributed by atoms with Crippen LogP contribution in [0.25, 0.3) is 0 Å². The molecule has 2 aliphatic rings. The van der Waals surface area contributed by atoms with E-state index < -0.39 is 0 Å². The molecule has 3 aromatic rings. The van der Waals surface area contributed by atoms with Gasteiger partial charge in [0.1, 0.15) is 18.4 Å². The molecule has 2 aromatic carbocycles. The first-order valence-corrected chi connectivity index (χ1v) is 10.3. The van der Waals surface area contributed by atoms with E-state index >= 15 is 0 Å². The quantitative estimate of drug-likeness (QED) is 0.637. The van der Waals surface area contributed by atoms with Crippen LogP contribution in [0.3, 0.4) is 0 Å². The van der Waals surface area contributed by atoms with Crippen LogP contribution in [0.4, 0.5) is 5.95 Å². The van der Waals surface area contributed by atoms with Crippen molar-refractivity contribution in [3.8, 4) is 5.75 Å². The Bertz CT molecular complexity index is 1140. The van der Waals surface area contributed by atoms with Gasteiger partial charge in [-0.05, 0) is 53.1 Å². The highest BCUT2D eigenvalue weighted by molar-refractivity contribution is 6.35. The summed E-state index contributed by atoms with van der Waals surface area (Å²) in [5, 5.41) is 16.3. The van der Waals surface area contributed by atoms with Crippen LogP contribution in [0, 0.1) is 0 Å². The Labute approximate surface area is 182 Å². The van der Waals surface area contributed by atoms with E-state index in [0.717, 1.165) is 35.2 Å². The van der Waals surface area contributed by atoms with Crippen molar-refractivity contribution in [2.24, 2.45) is 0 Å². The number of fused-ring (bicyclic) bond motifs is 1. The van der Waals surface area contributed by atoms with Crippen LogP contribution in [0.2, 0.25) is 10.0 Å². The maximum atomic E-state index is 12.7. The summed E-state index contributed by atoms with van der Waals surface area (Å²) < 4.78 is 7.53. The first-order chi connectivity index (χ1) is 14.6. The first kappa shape index (κ1) is 19.1. The number of rotatable bonds is 4. The molecule has 0 bridgehead atoms. The lowest BCUT2D eigenvalue weighted by Gasteiger charge is -2.31. The van der Waals surface area contributed by atoms with Crippen molar-refractivity contribution in [2.75, 3.05) is 5.32 Å². The second-order valence-electron chi connectivity index (χ2n) is 7.20. The van der Waals surface area contributed by atoms with Crippen molar-refractivity contribution < 1.29 is 9.53 Å². The number of hydrogen-bond acceptors (Lipinski definition) is 6. The third-order valence-electron chi connectivity index (χ3n) is 5.37. The predicted molar refractivity (Wildman–Crippen MR) is 113 cm³/mol. The zero-order valence-corrected chi connectivity index (χ0v) is 17.3. The molecule has 0 saturated carbocycles. The number of hydrogen-bond donors (Lipinski definition) is 1. The predicted octanol–water partition coefficient (Wildman–Crippen LogP) is 4.58. The van der Waals surface area contributed by atoms with Gasteiger partial charge in [-0.25, -0.2) is 0 Å². The lowest BCUT2D eigenvalue weighted by Crippen LogP contribution is -2.31. The molecule has 0 spiro atoms. The van der Waals surface area contributed by atoms with E-state index in [0.29, 0.717) is 28.2 Å². The van der Waals surface area contributed by atoms with Gasteiger partial charge in [-0.1, -0.05) is 46.5 Å². The minimum absolute atomic E-state index is 0.128. The van der Waals surface area contributed by atoms with Crippen molar-refractivity contribution in [1.29, 1.82) is 0 Å². The van der Waals surface area contributed by atoms with Crippen molar-refractivity contribution in [3.05, 3.63) is 74.9 Å². The normalized spacial score (nSPS) is 17.9. The molecule has 1 aliphatic heterocycles. The first-order valence-electron chi connectivity index (χ1n) is 9.58. The molecule has 0 amide bonds. The second-order valence-corrected chi connectivity index (χ2v) is 8.02. The van der Waals surface area contributed by atoms with Crippen molar-refractivity contribution >= 4 is 34.9 Å². The number of anilines is 1. The average molecular weight is 442 g/mol. The summed E-state index contributed by atoms with van der Waals surface area (Å²) in [4.78, 5) is 12.7. The molecule has 1 atom stereocenters. The molecule has 1 unspecified atom stereocenters. The fraction of sp³-hybridized carbons (Fsp3) is 0.238. The van der Waals surface area contributed by atoms with E-state index in [-0.39, 0.29) is 18.4 Å². The number of tetrazole rings is 1. The van der Waals surface area contributed by atoms with E-state index in [1.807, 2.05) is 24.3 Å². The highest BCUT2D eigenvalue weighted by Gasteiger charge is 2.36. The zero-order valence-electron chi connectivity index (χ0n) is 15.8. The standard InChI is InChI=1S/C21H17Cl2N5O2/c22-15-3-1-4-16(23)14(15)11-30-13-9-7-12(8-10-13)20-19-17(5-2-6-18(19)29)24-21-25-26-27-28(20)21/h1,3-4,7-10,20H,2,5-6,11H2,(H,24,25,27).